The minimum Gasteiger partial charge on any atom is -0.457 e. The summed E-state index contributed by atoms with van der Waals surface area (Å²) in [5.41, 5.74) is -5.93. The zero-order valence-electron chi connectivity index (χ0n) is 36.8. The first-order valence-electron chi connectivity index (χ1n) is 20.9. The van der Waals surface area contributed by atoms with E-state index in [1.54, 1.807) is 34.6 Å². The highest BCUT2D eigenvalue weighted by Crippen LogP contribution is 2.43. The van der Waals surface area contributed by atoms with E-state index in [0.29, 0.717) is 19.5 Å². The average Bonchev–Trinajstić information content (AvgIpc) is 3.12. The molecule has 0 bridgehead atoms. The number of carbonyl (C=O) groups excluding carboxylic acids is 1. The molecule has 56 heavy (non-hydrogen) atoms. The van der Waals surface area contributed by atoms with Gasteiger partial charge in [-0.3, -0.25) is 4.79 Å². The van der Waals surface area contributed by atoms with Gasteiger partial charge in [0.2, 0.25) is 0 Å². The second kappa shape index (κ2) is 20.0. The van der Waals surface area contributed by atoms with Crippen LogP contribution in [0.3, 0.4) is 0 Å². The van der Waals surface area contributed by atoms with E-state index in [1.807, 2.05) is 53.6 Å². The van der Waals surface area contributed by atoms with Crippen molar-refractivity contribution < 1.29 is 58.7 Å². The number of ether oxygens (including phenoxy) is 6. The average molecular weight is 806 g/mol. The van der Waals surface area contributed by atoms with Gasteiger partial charge in [-0.15, -0.1) is 0 Å². The molecule has 0 spiro atoms. The molecule has 0 aromatic heterocycles. The lowest BCUT2D eigenvalue weighted by Gasteiger charge is -2.53. The molecule has 7 N–H and O–H groups in total. The van der Waals surface area contributed by atoms with Crippen LogP contribution in [0.1, 0.15) is 108 Å². The number of cyclic esters (lactones) is 1. The number of aliphatic hydroxyl groups excluding tert-OH is 2. The molecule has 0 aliphatic carbocycles. The summed E-state index contributed by atoms with van der Waals surface area (Å²) in [6.45, 7) is 20.9. The van der Waals surface area contributed by atoms with Gasteiger partial charge in [-0.25, -0.2) is 0 Å². The van der Waals surface area contributed by atoms with Crippen molar-refractivity contribution in [1.82, 2.24) is 15.5 Å². The first-order valence-corrected chi connectivity index (χ1v) is 20.9. The summed E-state index contributed by atoms with van der Waals surface area (Å²) >= 11 is 0. The van der Waals surface area contributed by atoms with Crippen molar-refractivity contribution in [2.24, 2.45) is 17.8 Å². The predicted octanol–water partition coefficient (Wildman–Crippen LogP) is 1.93. The lowest BCUT2D eigenvalue weighted by atomic mass is 9.75. The van der Waals surface area contributed by atoms with Crippen LogP contribution in [0.2, 0.25) is 0 Å². The third-order valence-electron chi connectivity index (χ3n) is 13.0. The zero-order valence-corrected chi connectivity index (χ0v) is 36.8. The Labute approximate surface area is 336 Å². The monoisotopic (exact) mass is 806 g/mol. The topological polar surface area (TPSA) is 201 Å². The smallest absolute Gasteiger partial charge is 0.311 e. The molecule has 18 atom stereocenters. The normalized spacial score (nSPS) is 45.2. The van der Waals surface area contributed by atoms with Gasteiger partial charge >= 0.3 is 5.97 Å². The van der Waals surface area contributed by atoms with Gasteiger partial charge in [0.15, 0.2) is 12.6 Å². The Balaban J connectivity index is 2.16. The maximum atomic E-state index is 14.5. The fourth-order valence-corrected chi connectivity index (χ4v) is 9.21. The number of hydrogen-bond acceptors (Lipinski definition) is 15. The molecule has 0 aromatic carbocycles. The summed E-state index contributed by atoms with van der Waals surface area (Å²) in [5, 5.41) is 65.4. The summed E-state index contributed by atoms with van der Waals surface area (Å²) in [5.74, 6) is -2.67. The Hall–Kier alpha value is -1.05. The molecular formula is C41H79N3O12. The Kier molecular flexibility index (Phi) is 17.6. The minimum atomic E-state index is -1.81. The first-order chi connectivity index (χ1) is 25.9. The molecule has 0 amide bonds. The van der Waals surface area contributed by atoms with Crippen LogP contribution < -0.4 is 10.6 Å². The van der Waals surface area contributed by atoms with Gasteiger partial charge < -0.3 is 69.5 Å². The molecule has 3 rings (SSSR count). The zero-order chi connectivity index (χ0) is 42.6. The van der Waals surface area contributed by atoms with Crippen LogP contribution >= 0.6 is 0 Å². The maximum absolute atomic E-state index is 14.5. The highest BCUT2D eigenvalue weighted by atomic mass is 16.7. The Morgan fingerprint density at radius 2 is 1.70 bits per heavy atom. The number of nitrogens with one attached hydrogen (secondary N) is 2. The van der Waals surface area contributed by atoms with Crippen LogP contribution in [-0.4, -0.2) is 167 Å². The van der Waals surface area contributed by atoms with Gasteiger partial charge in [0.1, 0.15) is 29.0 Å². The van der Waals surface area contributed by atoms with Gasteiger partial charge in [0.25, 0.3) is 0 Å². The van der Waals surface area contributed by atoms with Crippen molar-refractivity contribution in [1.29, 1.82) is 0 Å². The summed E-state index contributed by atoms with van der Waals surface area (Å²) in [7, 11) is 5.31. The predicted molar refractivity (Wildman–Crippen MR) is 212 cm³/mol. The molecule has 0 saturated carbocycles. The first kappa shape index (κ1) is 49.3. The Morgan fingerprint density at radius 3 is 2.27 bits per heavy atom. The molecule has 3 heterocycles. The number of carbonyl (C=O) groups is 1. The molecule has 330 valence electrons. The van der Waals surface area contributed by atoms with Gasteiger partial charge in [0.05, 0.1) is 42.0 Å². The van der Waals surface area contributed by atoms with Gasteiger partial charge in [-0.2, -0.15) is 0 Å². The molecule has 0 aromatic rings. The van der Waals surface area contributed by atoms with Crippen LogP contribution in [0.25, 0.3) is 0 Å². The van der Waals surface area contributed by atoms with Crippen molar-refractivity contribution in [2.75, 3.05) is 40.8 Å². The molecular weight excluding hydrogens is 726 g/mol. The lowest BCUT2D eigenvalue weighted by Crippen LogP contribution is -2.70. The number of aliphatic hydroxyl groups is 5. The number of methoxy groups -OCH3 is 1. The van der Waals surface area contributed by atoms with Crippen LogP contribution in [0.4, 0.5) is 0 Å². The standard InChI is InChI=1S/C41H79N3O12/c1-15-17-42-22-41(50)28(8)53-31(20-39(41,10)51-14)54-33-25(5)34(56-37-32(46)29(44(12)13)18-24(4)52-37)38(9,48)19-23(3)21-43-27(7)35(55-36(47)26(33)6)40(11,49)30(45)16-2/h23-35,37,42-43,45-46,48-50H,15-22H2,1-14H3/t23?,24-,25+,26-,27?,28+,29+,30+,31?,32?,33+,34?,35?,37+,38+,39-,40-,41?/m1/s1. The number of hydrogen-bond donors (Lipinski definition) is 7. The van der Waals surface area contributed by atoms with E-state index in [1.165, 1.54) is 14.0 Å². The van der Waals surface area contributed by atoms with Crippen molar-refractivity contribution in [3.8, 4) is 0 Å². The van der Waals surface area contributed by atoms with Crippen molar-refractivity contribution >= 4 is 5.97 Å². The van der Waals surface area contributed by atoms with E-state index >= 15 is 0 Å². The summed E-state index contributed by atoms with van der Waals surface area (Å²) in [4.78, 5) is 16.4. The summed E-state index contributed by atoms with van der Waals surface area (Å²) < 4.78 is 38.4. The Morgan fingerprint density at radius 1 is 1.05 bits per heavy atom. The molecule has 7 unspecified atom stereocenters. The fraction of sp³-hybridized carbons (Fsp3) is 0.976. The van der Waals surface area contributed by atoms with E-state index in [9.17, 15) is 30.3 Å². The fourth-order valence-electron chi connectivity index (χ4n) is 9.21. The minimum absolute atomic E-state index is 0.0928. The van der Waals surface area contributed by atoms with Crippen molar-refractivity contribution in [3.63, 3.8) is 0 Å². The molecule has 3 fully saturated rings. The summed E-state index contributed by atoms with van der Waals surface area (Å²) in [6, 6.07) is -0.875. The van der Waals surface area contributed by atoms with E-state index in [0.717, 1.165) is 6.42 Å². The maximum Gasteiger partial charge on any atom is 0.311 e. The summed E-state index contributed by atoms with van der Waals surface area (Å²) in [6.07, 6.45) is -6.62. The van der Waals surface area contributed by atoms with E-state index < -0.39 is 95.5 Å². The van der Waals surface area contributed by atoms with E-state index in [2.05, 4.69) is 10.6 Å². The molecule has 15 nitrogen and oxygen atoms in total. The van der Waals surface area contributed by atoms with Crippen molar-refractivity contribution in [2.45, 2.75) is 198 Å². The van der Waals surface area contributed by atoms with E-state index in [-0.39, 0.29) is 43.9 Å². The lowest BCUT2D eigenvalue weighted by molar-refractivity contribution is -0.336. The third kappa shape index (κ3) is 11.0. The third-order valence-corrected chi connectivity index (χ3v) is 13.0. The Bertz CT molecular complexity index is 1230. The van der Waals surface area contributed by atoms with Crippen LogP contribution in [0, 0.1) is 17.8 Å². The number of likely N-dealkylation sites (N-methyl/N-ethyl adjacent to an activating group) is 1. The van der Waals surface area contributed by atoms with Gasteiger partial charge in [-0.1, -0.05) is 27.7 Å². The number of esters is 1. The second-order valence-corrected chi connectivity index (χ2v) is 18.2. The molecule has 3 saturated heterocycles. The molecule has 15 heteroatoms. The highest BCUT2D eigenvalue weighted by Gasteiger charge is 2.58. The van der Waals surface area contributed by atoms with Crippen LogP contribution in [0.5, 0.6) is 0 Å². The van der Waals surface area contributed by atoms with E-state index in [4.69, 9.17) is 28.4 Å². The molecule has 3 aliphatic heterocycles. The van der Waals surface area contributed by atoms with Crippen LogP contribution in [-0.2, 0) is 33.2 Å². The second-order valence-electron chi connectivity index (χ2n) is 18.2. The SMILES string of the molecule is CCCNCC1(O)[C@H](C)OC(O[C@H]2[C@H](C)C(O[C@@H]3O[C@H](C)C[C@H](N(C)C)C3O)[C@@](C)(O)CC(C)CNC(C)C([C@](C)(O)[C@@H](O)CC)OC(=O)[C@@H]2C)C[C@@]1(C)OC. The quantitative estimate of drug-likeness (QED) is 0.105. The molecule has 0 radical (unpaired) electrons. The van der Waals surface area contributed by atoms with Gasteiger partial charge in [0, 0.05) is 38.1 Å². The highest BCUT2D eigenvalue weighted by molar-refractivity contribution is 5.73. The van der Waals surface area contributed by atoms with Gasteiger partial charge in [-0.05, 0) is 107 Å². The molecule has 3 aliphatic rings. The number of nitrogens with zero attached hydrogens (tertiary/aromatic N) is 1. The number of rotatable bonds is 13. The van der Waals surface area contributed by atoms with Crippen LogP contribution in [0.15, 0.2) is 0 Å². The van der Waals surface area contributed by atoms with Crippen molar-refractivity contribution in [3.05, 3.63) is 0 Å². The largest absolute Gasteiger partial charge is 0.457 e.